The number of nitrogens with zero attached hydrogens (tertiary/aromatic N) is 2. The van der Waals surface area contributed by atoms with Gasteiger partial charge in [0.25, 0.3) is 0 Å². The SMILES string of the molecule is CN1C(=O)[C@H]2[C@H](CC=C3[C@H]2C[C@H]2C(=O)N(C)C(=O)[C@H]2[C@H]3c2cccc(F)c2O)C1=O. The lowest BCUT2D eigenvalue weighted by atomic mass is 9.57. The van der Waals surface area contributed by atoms with E-state index >= 15 is 0 Å². The van der Waals surface area contributed by atoms with Crippen LogP contribution < -0.4 is 0 Å². The molecule has 8 heteroatoms. The van der Waals surface area contributed by atoms with Gasteiger partial charge >= 0.3 is 0 Å². The summed E-state index contributed by atoms with van der Waals surface area (Å²) in [4.78, 5) is 53.4. The van der Waals surface area contributed by atoms with Crippen molar-refractivity contribution in [2.24, 2.45) is 29.6 Å². The van der Waals surface area contributed by atoms with Crippen molar-refractivity contribution in [2.75, 3.05) is 14.1 Å². The third-order valence-corrected chi connectivity index (χ3v) is 7.44. The van der Waals surface area contributed by atoms with Crippen LogP contribution in [0.15, 0.2) is 29.8 Å². The van der Waals surface area contributed by atoms with Gasteiger partial charge in [0.1, 0.15) is 0 Å². The third kappa shape index (κ3) is 2.24. The van der Waals surface area contributed by atoms with Crippen LogP contribution in [0.1, 0.15) is 24.3 Å². The molecule has 2 aliphatic carbocycles. The average molecular weight is 412 g/mol. The van der Waals surface area contributed by atoms with Crippen LogP contribution in [0.4, 0.5) is 4.39 Å². The van der Waals surface area contributed by atoms with Crippen molar-refractivity contribution < 1.29 is 28.7 Å². The molecule has 1 N–H and O–H groups in total. The number of carbonyl (C=O) groups is 4. The Kier molecular flexibility index (Phi) is 3.94. The number of benzene rings is 1. The Morgan fingerprint density at radius 2 is 1.53 bits per heavy atom. The number of imide groups is 2. The molecule has 7 nitrogen and oxygen atoms in total. The summed E-state index contributed by atoms with van der Waals surface area (Å²) in [5.74, 6) is -6.25. The first-order valence-electron chi connectivity index (χ1n) is 10.0. The Morgan fingerprint density at radius 1 is 0.900 bits per heavy atom. The van der Waals surface area contributed by atoms with Crippen LogP contribution in [0.5, 0.6) is 5.75 Å². The molecule has 6 atom stereocenters. The van der Waals surface area contributed by atoms with E-state index in [1.54, 1.807) is 6.07 Å². The molecule has 30 heavy (non-hydrogen) atoms. The fourth-order valence-electron chi connectivity index (χ4n) is 6.03. The molecule has 0 spiro atoms. The number of aromatic hydroxyl groups is 1. The lowest BCUT2D eigenvalue weighted by Crippen LogP contribution is -2.43. The van der Waals surface area contributed by atoms with E-state index in [0.29, 0.717) is 6.42 Å². The summed E-state index contributed by atoms with van der Waals surface area (Å²) in [5.41, 5.74) is 0.979. The number of amides is 4. The minimum atomic E-state index is -0.808. The Balaban J connectivity index is 1.69. The van der Waals surface area contributed by atoms with E-state index in [2.05, 4.69) is 0 Å². The quantitative estimate of drug-likeness (QED) is 0.556. The van der Waals surface area contributed by atoms with Gasteiger partial charge in [-0.25, -0.2) is 4.39 Å². The second kappa shape index (κ2) is 6.23. The second-order valence-electron chi connectivity index (χ2n) is 8.67. The number of phenolic OH excluding ortho intramolecular Hbond substituents is 1. The van der Waals surface area contributed by atoms with Crippen molar-refractivity contribution in [3.63, 3.8) is 0 Å². The zero-order chi connectivity index (χ0) is 21.5. The molecule has 3 fully saturated rings. The van der Waals surface area contributed by atoms with Gasteiger partial charge in [0.15, 0.2) is 11.6 Å². The highest BCUT2D eigenvalue weighted by atomic mass is 19.1. The molecular formula is C22H21FN2O5. The van der Waals surface area contributed by atoms with Crippen LogP contribution >= 0.6 is 0 Å². The molecule has 1 aromatic rings. The Labute approximate surface area is 172 Å². The largest absolute Gasteiger partial charge is 0.505 e. The number of carbonyl (C=O) groups excluding carboxylic acids is 4. The van der Waals surface area contributed by atoms with Gasteiger partial charge in [0.2, 0.25) is 23.6 Å². The molecule has 1 saturated carbocycles. The Morgan fingerprint density at radius 3 is 2.23 bits per heavy atom. The van der Waals surface area contributed by atoms with E-state index in [-0.39, 0.29) is 35.6 Å². The van der Waals surface area contributed by atoms with Crippen molar-refractivity contribution in [1.82, 2.24) is 9.80 Å². The van der Waals surface area contributed by atoms with Crippen molar-refractivity contribution in [3.8, 4) is 5.75 Å². The molecule has 0 bridgehead atoms. The van der Waals surface area contributed by atoms with Crippen LogP contribution in [0, 0.1) is 35.4 Å². The predicted molar refractivity (Wildman–Crippen MR) is 101 cm³/mol. The molecule has 156 valence electrons. The standard InChI is InChI=1S/C22H21FN2O5/c1-24-19(27)11-7-6-9-12(16(11)21(24)29)8-13-17(22(30)25(2)20(13)28)15(9)10-4-3-5-14(23)18(10)26/h3-6,11-13,15-17,26H,7-8H2,1-2H3/t11-,12+,13+,15+,16-,17+/m0/s1. The highest BCUT2D eigenvalue weighted by Crippen LogP contribution is 2.58. The normalized spacial score (nSPS) is 35.4. The summed E-state index contributed by atoms with van der Waals surface area (Å²) >= 11 is 0. The Bertz CT molecular complexity index is 1050. The summed E-state index contributed by atoms with van der Waals surface area (Å²) < 4.78 is 14.2. The monoisotopic (exact) mass is 412 g/mol. The maximum Gasteiger partial charge on any atom is 0.233 e. The second-order valence-corrected chi connectivity index (χ2v) is 8.67. The molecule has 4 amide bonds. The number of hydrogen-bond donors (Lipinski definition) is 1. The van der Waals surface area contributed by atoms with Gasteiger partial charge < -0.3 is 5.11 Å². The number of hydrogen-bond acceptors (Lipinski definition) is 5. The topological polar surface area (TPSA) is 95.0 Å². The number of phenols is 1. The van der Waals surface area contributed by atoms with Gasteiger partial charge in [-0.05, 0) is 24.8 Å². The van der Waals surface area contributed by atoms with Gasteiger partial charge in [-0.3, -0.25) is 29.0 Å². The van der Waals surface area contributed by atoms with Crippen molar-refractivity contribution in [3.05, 3.63) is 41.2 Å². The van der Waals surface area contributed by atoms with Gasteiger partial charge in [0, 0.05) is 25.6 Å². The molecule has 2 saturated heterocycles. The zero-order valence-corrected chi connectivity index (χ0v) is 16.5. The summed E-state index contributed by atoms with van der Waals surface area (Å²) in [6.45, 7) is 0. The minimum absolute atomic E-state index is 0.237. The maximum absolute atomic E-state index is 14.2. The molecule has 0 radical (unpaired) electrons. The lowest BCUT2D eigenvalue weighted by Gasteiger charge is -2.44. The number of allylic oxidation sites excluding steroid dienone is 2. The molecule has 0 unspecified atom stereocenters. The van der Waals surface area contributed by atoms with E-state index in [1.165, 1.54) is 20.2 Å². The van der Waals surface area contributed by atoms with Gasteiger partial charge in [0.05, 0.1) is 23.7 Å². The van der Waals surface area contributed by atoms with Gasteiger partial charge in [-0.1, -0.05) is 23.8 Å². The summed E-state index contributed by atoms with van der Waals surface area (Å²) in [5, 5.41) is 10.5. The van der Waals surface area contributed by atoms with Crippen LogP contribution in [0.2, 0.25) is 0 Å². The van der Waals surface area contributed by atoms with Crippen LogP contribution in [-0.2, 0) is 19.2 Å². The average Bonchev–Trinajstić information content (AvgIpc) is 3.09. The highest BCUT2D eigenvalue weighted by Gasteiger charge is 2.61. The molecule has 5 rings (SSSR count). The fraction of sp³-hybridized carbons (Fsp3) is 0.455. The molecule has 2 heterocycles. The molecular weight excluding hydrogens is 391 g/mol. The molecule has 4 aliphatic rings. The summed E-state index contributed by atoms with van der Waals surface area (Å²) in [6.07, 6.45) is 2.48. The summed E-state index contributed by atoms with van der Waals surface area (Å²) in [7, 11) is 2.88. The number of rotatable bonds is 1. The molecule has 1 aromatic carbocycles. The van der Waals surface area contributed by atoms with Gasteiger partial charge in [-0.15, -0.1) is 0 Å². The van der Waals surface area contributed by atoms with Crippen molar-refractivity contribution >= 4 is 23.6 Å². The minimum Gasteiger partial charge on any atom is -0.505 e. The number of halogens is 1. The molecule has 0 aromatic heterocycles. The van der Waals surface area contributed by atoms with E-state index in [9.17, 15) is 28.7 Å². The van der Waals surface area contributed by atoms with Crippen LogP contribution in [-0.4, -0.2) is 52.6 Å². The number of fused-ring (bicyclic) bond motifs is 4. The van der Waals surface area contributed by atoms with E-state index in [0.717, 1.165) is 21.4 Å². The fourth-order valence-corrected chi connectivity index (χ4v) is 6.03. The van der Waals surface area contributed by atoms with Crippen molar-refractivity contribution in [1.29, 1.82) is 0 Å². The number of para-hydroxylation sites is 1. The Hall–Kier alpha value is -3.03. The number of likely N-dealkylation sites (tertiary alicyclic amines) is 2. The van der Waals surface area contributed by atoms with Crippen LogP contribution in [0.3, 0.4) is 0 Å². The highest BCUT2D eigenvalue weighted by molar-refractivity contribution is 6.07. The van der Waals surface area contributed by atoms with E-state index < -0.39 is 47.1 Å². The van der Waals surface area contributed by atoms with E-state index in [1.807, 2.05) is 6.08 Å². The first-order chi connectivity index (χ1) is 14.2. The third-order valence-electron chi connectivity index (χ3n) is 7.44. The zero-order valence-electron chi connectivity index (χ0n) is 16.5. The predicted octanol–water partition coefficient (Wildman–Crippen LogP) is 1.43. The first-order valence-corrected chi connectivity index (χ1v) is 10.0. The smallest absolute Gasteiger partial charge is 0.233 e. The maximum atomic E-state index is 14.2. The van der Waals surface area contributed by atoms with Crippen LogP contribution in [0.25, 0.3) is 0 Å². The van der Waals surface area contributed by atoms with Gasteiger partial charge in [-0.2, -0.15) is 0 Å². The van der Waals surface area contributed by atoms with E-state index in [4.69, 9.17) is 0 Å². The van der Waals surface area contributed by atoms with Crippen molar-refractivity contribution in [2.45, 2.75) is 18.8 Å². The molecule has 2 aliphatic heterocycles. The lowest BCUT2D eigenvalue weighted by molar-refractivity contribution is -0.140. The first kappa shape index (κ1) is 19.0. The summed E-state index contributed by atoms with van der Waals surface area (Å²) in [6, 6.07) is 4.14.